The van der Waals surface area contributed by atoms with Crippen LogP contribution < -0.4 is 14.8 Å². The number of rotatable bonds is 8. The highest BCUT2D eigenvalue weighted by Gasteiger charge is 2.13. The maximum absolute atomic E-state index is 9.52. The second-order valence-corrected chi connectivity index (χ2v) is 4.71. The zero-order valence-electron chi connectivity index (χ0n) is 12.3. The molecule has 0 saturated carbocycles. The molecule has 0 aliphatic rings. The highest BCUT2D eigenvalue weighted by Crippen LogP contribution is 2.25. The van der Waals surface area contributed by atoms with Crippen LogP contribution in [0.25, 0.3) is 0 Å². The molecule has 2 unspecified atom stereocenters. The zero-order valence-corrected chi connectivity index (χ0v) is 12.3. The van der Waals surface area contributed by atoms with Gasteiger partial charge in [0.15, 0.2) is 0 Å². The van der Waals surface area contributed by atoms with Gasteiger partial charge in [-0.25, -0.2) is 0 Å². The first-order valence-electron chi connectivity index (χ1n) is 6.80. The van der Waals surface area contributed by atoms with Crippen molar-refractivity contribution >= 4 is 0 Å². The van der Waals surface area contributed by atoms with E-state index in [1.54, 1.807) is 14.0 Å². The van der Waals surface area contributed by atoms with E-state index >= 15 is 0 Å². The lowest BCUT2D eigenvalue weighted by molar-refractivity contribution is 0.0597. The number of benzene rings is 1. The van der Waals surface area contributed by atoms with E-state index in [1.165, 1.54) is 0 Å². The first-order chi connectivity index (χ1) is 9.08. The third-order valence-electron chi connectivity index (χ3n) is 3.00. The molecule has 0 aliphatic carbocycles. The highest BCUT2D eigenvalue weighted by atomic mass is 16.5. The molecule has 0 aliphatic heterocycles. The van der Waals surface area contributed by atoms with Crippen molar-refractivity contribution < 1.29 is 14.6 Å². The highest BCUT2D eigenvalue weighted by molar-refractivity contribution is 5.40. The molecule has 2 N–H and O–H groups in total. The Morgan fingerprint density at radius 3 is 2.63 bits per heavy atom. The summed E-state index contributed by atoms with van der Waals surface area (Å²) in [6.07, 6.45) is 0.349. The molecule has 0 aromatic heterocycles. The predicted molar refractivity (Wildman–Crippen MR) is 76.8 cm³/mol. The molecule has 0 bridgehead atoms. The Morgan fingerprint density at radius 1 is 1.32 bits per heavy atom. The van der Waals surface area contributed by atoms with E-state index in [9.17, 15) is 5.11 Å². The van der Waals surface area contributed by atoms with Crippen LogP contribution in [0, 0.1) is 0 Å². The van der Waals surface area contributed by atoms with Crippen molar-refractivity contribution in [2.45, 2.75) is 45.9 Å². The number of nitrogens with one attached hydrogen (secondary N) is 1. The fourth-order valence-corrected chi connectivity index (χ4v) is 1.63. The summed E-state index contributed by atoms with van der Waals surface area (Å²) in [5.41, 5.74) is 1.04. The Morgan fingerprint density at radius 2 is 2.05 bits per heavy atom. The molecule has 0 amide bonds. The van der Waals surface area contributed by atoms with Gasteiger partial charge in [0, 0.05) is 12.1 Å². The Kier molecular flexibility index (Phi) is 6.67. The molecule has 0 radical (unpaired) electrons. The van der Waals surface area contributed by atoms with Crippen molar-refractivity contribution in [2.24, 2.45) is 0 Å². The molecule has 1 aromatic rings. The van der Waals surface area contributed by atoms with Gasteiger partial charge in [-0.15, -0.1) is 0 Å². The minimum atomic E-state index is -0.501. The molecule has 1 rings (SSSR count). The van der Waals surface area contributed by atoms with Crippen LogP contribution in [0.15, 0.2) is 18.2 Å². The molecule has 4 nitrogen and oxygen atoms in total. The fraction of sp³-hybridized carbons (Fsp3) is 0.600. The van der Waals surface area contributed by atoms with Crippen molar-refractivity contribution in [3.8, 4) is 11.5 Å². The molecular weight excluding hydrogens is 242 g/mol. The first kappa shape index (κ1) is 15.8. The third kappa shape index (κ3) is 5.09. The Labute approximate surface area is 115 Å². The molecule has 19 heavy (non-hydrogen) atoms. The van der Waals surface area contributed by atoms with E-state index in [4.69, 9.17) is 9.47 Å². The Balaban J connectivity index is 2.82. The maximum atomic E-state index is 9.52. The van der Waals surface area contributed by atoms with Crippen LogP contribution in [-0.4, -0.2) is 31.0 Å². The zero-order chi connectivity index (χ0) is 14.3. The summed E-state index contributed by atoms with van der Waals surface area (Å²) in [4.78, 5) is 0. The van der Waals surface area contributed by atoms with E-state index in [0.29, 0.717) is 0 Å². The molecule has 0 saturated heterocycles. The number of aliphatic hydroxyl groups is 1. The summed E-state index contributed by atoms with van der Waals surface area (Å²) >= 11 is 0. The fourth-order valence-electron chi connectivity index (χ4n) is 1.63. The van der Waals surface area contributed by atoms with Crippen LogP contribution in [0.2, 0.25) is 0 Å². The van der Waals surface area contributed by atoms with Crippen molar-refractivity contribution in [1.29, 1.82) is 0 Å². The van der Waals surface area contributed by atoms with Gasteiger partial charge in [0.1, 0.15) is 17.6 Å². The Bertz CT molecular complexity index is 380. The van der Waals surface area contributed by atoms with Crippen LogP contribution in [0.5, 0.6) is 11.5 Å². The second-order valence-electron chi connectivity index (χ2n) is 4.71. The average Bonchev–Trinajstić information content (AvgIpc) is 2.40. The largest absolute Gasteiger partial charge is 0.497 e. The van der Waals surface area contributed by atoms with Gasteiger partial charge in [-0.3, -0.25) is 0 Å². The van der Waals surface area contributed by atoms with E-state index in [1.807, 2.05) is 25.1 Å². The van der Waals surface area contributed by atoms with E-state index < -0.39 is 6.10 Å². The maximum Gasteiger partial charge on any atom is 0.124 e. The number of hydrogen-bond donors (Lipinski definition) is 2. The van der Waals surface area contributed by atoms with Crippen LogP contribution >= 0.6 is 0 Å². The molecule has 1 aromatic carbocycles. The van der Waals surface area contributed by atoms with Crippen molar-refractivity contribution in [3.05, 3.63) is 23.8 Å². The van der Waals surface area contributed by atoms with Crippen LogP contribution in [0.1, 0.15) is 32.8 Å². The summed E-state index contributed by atoms with van der Waals surface area (Å²) in [7, 11) is 1.65. The molecular formula is C15H25NO3. The van der Waals surface area contributed by atoms with Crippen LogP contribution in [0.4, 0.5) is 0 Å². The number of ether oxygens (including phenoxy) is 2. The topological polar surface area (TPSA) is 50.7 Å². The van der Waals surface area contributed by atoms with E-state index in [0.717, 1.165) is 36.6 Å². The minimum absolute atomic E-state index is 0.238. The van der Waals surface area contributed by atoms with Crippen LogP contribution in [-0.2, 0) is 6.54 Å². The van der Waals surface area contributed by atoms with Gasteiger partial charge < -0.3 is 19.9 Å². The lowest BCUT2D eigenvalue weighted by atomic mass is 10.1. The van der Waals surface area contributed by atoms with Gasteiger partial charge in [-0.1, -0.05) is 6.92 Å². The second kappa shape index (κ2) is 8.02. The van der Waals surface area contributed by atoms with Crippen LogP contribution in [0.3, 0.4) is 0 Å². The summed E-state index contributed by atoms with van der Waals surface area (Å²) in [6.45, 7) is 7.41. The predicted octanol–water partition coefficient (Wildman–Crippen LogP) is 2.34. The van der Waals surface area contributed by atoms with Gasteiger partial charge in [-0.05, 0) is 45.0 Å². The normalized spacial score (nSPS) is 13.9. The standard InChI is InChI=1S/C15H25NO3/c1-5-8-16-10-13-9-14(18-4)6-7-15(13)19-12(3)11(2)17/h6-7,9,11-12,16-17H,5,8,10H2,1-4H3. The smallest absolute Gasteiger partial charge is 0.124 e. The van der Waals surface area contributed by atoms with Crippen molar-refractivity contribution in [3.63, 3.8) is 0 Å². The lowest BCUT2D eigenvalue weighted by Gasteiger charge is -2.20. The molecule has 2 atom stereocenters. The van der Waals surface area contributed by atoms with E-state index in [-0.39, 0.29) is 6.10 Å². The Hall–Kier alpha value is -1.26. The van der Waals surface area contributed by atoms with Gasteiger partial charge in [0.25, 0.3) is 0 Å². The molecule has 0 heterocycles. The molecule has 4 heteroatoms. The van der Waals surface area contributed by atoms with Crippen molar-refractivity contribution in [1.82, 2.24) is 5.32 Å². The third-order valence-corrected chi connectivity index (χ3v) is 3.00. The number of aliphatic hydroxyl groups excluding tert-OH is 1. The molecule has 0 fully saturated rings. The number of hydrogen-bond acceptors (Lipinski definition) is 4. The quantitative estimate of drug-likeness (QED) is 0.710. The van der Waals surface area contributed by atoms with Gasteiger partial charge in [-0.2, -0.15) is 0 Å². The molecule has 0 spiro atoms. The molecule has 108 valence electrons. The monoisotopic (exact) mass is 267 g/mol. The minimum Gasteiger partial charge on any atom is -0.497 e. The van der Waals surface area contributed by atoms with E-state index in [2.05, 4.69) is 12.2 Å². The average molecular weight is 267 g/mol. The van der Waals surface area contributed by atoms with Gasteiger partial charge in [0.05, 0.1) is 13.2 Å². The summed E-state index contributed by atoms with van der Waals surface area (Å²) in [6, 6.07) is 5.72. The first-order valence-corrected chi connectivity index (χ1v) is 6.80. The summed E-state index contributed by atoms with van der Waals surface area (Å²) in [5.74, 6) is 1.60. The SMILES string of the molecule is CCCNCc1cc(OC)ccc1OC(C)C(C)O. The van der Waals surface area contributed by atoms with Gasteiger partial charge >= 0.3 is 0 Å². The number of methoxy groups -OCH3 is 1. The summed E-state index contributed by atoms with van der Waals surface area (Å²) in [5, 5.41) is 12.9. The van der Waals surface area contributed by atoms with Crippen molar-refractivity contribution in [2.75, 3.05) is 13.7 Å². The lowest BCUT2D eigenvalue weighted by Crippen LogP contribution is -2.26. The summed E-state index contributed by atoms with van der Waals surface area (Å²) < 4.78 is 11.0. The van der Waals surface area contributed by atoms with Gasteiger partial charge in [0.2, 0.25) is 0 Å².